The van der Waals surface area contributed by atoms with Gasteiger partial charge in [0.05, 0.1) is 25.9 Å². The number of ether oxygens (including phenoxy) is 3. The number of methoxy groups -OCH3 is 1. The third kappa shape index (κ3) is 3.46. The number of morpholine rings is 1. The zero-order chi connectivity index (χ0) is 14.5. The molecule has 1 N–H and O–H groups in total. The minimum atomic E-state index is -0.480. The van der Waals surface area contributed by atoms with Crippen molar-refractivity contribution in [3.63, 3.8) is 0 Å². The van der Waals surface area contributed by atoms with Gasteiger partial charge < -0.3 is 19.5 Å². The Kier molecular flexibility index (Phi) is 4.92. The van der Waals surface area contributed by atoms with E-state index in [-0.39, 0.29) is 17.9 Å². The first-order valence-corrected chi connectivity index (χ1v) is 6.69. The maximum atomic E-state index is 11.9. The second-order valence-electron chi connectivity index (χ2n) is 4.84. The molecule has 0 bridgehead atoms. The predicted molar refractivity (Wildman–Crippen MR) is 72.9 cm³/mol. The fourth-order valence-corrected chi connectivity index (χ4v) is 1.99. The van der Waals surface area contributed by atoms with Gasteiger partial charge in [-0.25, -0.2) is 9.78 Å². The second-order valence-corrected chi connectivity index (χ2v) is 4.84. The van der Waals surface area contributed by atoms with Crippen LogP contribution in [-0.2, 0) is 9.47 Å². The van der Waals surface area contributed by atoms with E-state index in [1.165, 1.54) is 7.11 Å². The van der Waals surface area contributed by atoms with Crippen LogP contribution >= 0.6 is 0 Å². The topological polar surface area (TPSA) is 69.7 Å². The monoisotopic (exact) mass is 280 g/mol. The summed E-state index contributed by atoms with van der Waals surface area (Å²) < 4.78 is 16.0. The van der Waals surface area contributed by atoms with E-state index in [2.05, 4.69) is 10.3 Å². The van der Waals surface area contributed by atoms with Crippen molar-refractivity contribution in [1.29, 1.82) is 0 Å². The van der Waals surface area contributed by atoms with E-state index >= 15 is 0 Å². The number of nitrogens with one attached hydrogen (secondary N) is 1. The average Bonchev–Trinajstić information content (AvgIpc) is 2.46. The Balaban J connectivity index is 2.20. The third-order valence-corrected chi connectivity index (χ3v) is 2.93. The van der Waals surface area contributed by atoms with Gasteiger partial charge in [0.2, 0.25) is 0 Å². The molecule has 0 aliphatic carbocycles. The molecule has 110 valence electrons. The largest absolute Gasteiger partial charge is 0.494 e. The number of pyridine rings is 1. The number of nitrogens with zero attached hydrogens (tertiary/aromatic N) is 1. The van der Waals surface area contributed by atoms with Crippen molar-refractivity contribution in [2.24, 2.45) is 0 Å². The molecule has 0 aromatic carbocycles. The minimum absolute atomic E-state index is 0.0691. The summed E-state index contributed by atoms with van der Waals surface area (Å²) >= 11 is 0. The summed E-state index contributed by atoms with van der Waals surface area (Å²) in [4.78, 5) is 16.1. The first-order valence-electron chi connectivity index (χ1n) is 6.69. The van der Waals surface area contributed by atoms with Crippen LogP contribution in [0.2, 0.25) is 0 Å². The molecule has 6 heteroatoms. The van der Waals surface area contributed by atoms with Crippen LogP contribution in [0.25, 0.3) is 0 Å². The number of carbonyl (C=O) groups is 1. The van der Waals surface area contributed by atoms with Crippen molar-refractivity contribution in [3.8, 4) is 5.75 Å². The highest BCUT2D eigenvalue weighted by molar-refractivity contribution is 5.90. The third-order valence-electron chi connectivity index (χ3n) is 2.93. The van der Waals surface area contributed by atoms with E-state index in [4.69, 9.17) is 14.2 Å². The number of rotatable bonds is 4. The summed E-state index contributed by atoms with van der Waals surface area (Å²) in [6, 6.07) is 1.78. The van der Waals surface area contributed by atoms with Gasteiger partial charge in [-0.05, 0) is 19.9 Å². The van der Waals surface area contributed by atoms with Gasteiger partial charge >= 0.3 is 5.97 Å². The Labute approximate surface area is 118 Å². The van der Waals surface area contributed by atoms with Crippen LogP contribution in [0, 0.1) is 0 Å². The van der Waals surface area contributed by atoms with E-state index < -0.39 is 5.97 Å². The summed E-state index contributed by atoms with van der Waals surface area (Å²) in [5.41, 5.74) is 1.07. The molecule has 2 heterocycles. The maximum absolute atomic E-state index is 11.9. The number of hydrogen-bond donors (Lipinski definition) is 1. The Morgan fingerprint density at radius 3 is 2.95 bits per heavy atom. The molecule has 20 heavy (non-hydrogen) atoms. The van der Waals surface area contributed by atoms with Crippen molar-refractivity contribution >= 4 is 5.97 Å². The SMILES string of the molecule is COc1cc(C2CNCCO2)cnc1C(=O)OC(C)C. The average molecular weight is 280 g/mol. The smallest absolute Gasteiger partial charge is 0.361 e. The number of carbonyl (C=O) groups excluding carboxylic acids is 1. The van der Waals surface area contributed by atoms with Gasteiger partial charge in [-0.15, -0.1) is 0 Å². The Morgan fingerprint density at radius 1 is 1.55 bits per heavy atom. The Bertz CT molecular complexity index is 470. The highest BCUT2D eigenvalue weighted by Crippen LogP contribution is 2.25. The predicted octanol–water partition coefficient (Wildman–Crippen LogP) is 1.32. The molecule has 1 aliphatic heterocycles. The van der Waals surface area contributed by atoms with E-state index in [0.29, 0.717) is 12.4 Å². The van der Waals surface area contributed by atoms with Crippen molar-refractivity contribution in [3.05, 3.63) is 23.5 Å². The second kappa shape index (κ2) is 6.67. The lowest BCUT2D eigenvalue weighted by Crippen LogP contribution is -2.33. The van der Waals surface area contributed by atoms with E-state index in [9.17, 15) is 4.79 Å². The van der Waals surface area contributed by atoms with Gasteiger partial charge in [-0.3, -0.25) is 0 Å². The normalized spacial score (nSPS) is 18.9. The van der Waals surface area contributed by atoms with Crippen LogP contribution in [0.4, 0.5) is 0 Å². The first-order chi connectivity index (χ1) is 9.61. The lowest BCUT2D eigenvalue weighted by Gasteiger charge is -2.24. The molecule has 0 amide bonds. The van der Waals surface area contributed by atoms with Gasteiger partial charge in [0.15, 0.2) is 11.4 Å². The molecule has 0 saturated carbocycles. The number of aromatic nitrogens is 1. The Morgan fingerprint density at radius 2 is 2.35 bits per heavy atom. The molecule has 0 radical (unpaired) electrons. The van der Waals surface area contributed by atoms with Crippen molar-refractivity contribution in [2.75, 3.05) is 26.8 Å². The zero-order valence-corrected chi connectivity index (χ0v) is 12.0. The quantitative estimate of drug-likeness (QED) is 0.839. The molecule has 1 aliphatic rings. The zero-order valence-electron chi connectivity index (χ0n) is 12.0. The number of hydrogen-bond acceptors (Lipinski definition) is 6. The molecule has 1 aromatic rings. The molecule has 1 saturated heterocycles. The van der Waals surface area contributed by atoms with Gasteiger partial charge in [0.1, 0.15) is 0 Å². The maximum Gasteiger partial charge on any atom is 0.361 e. The summed E-state index contributed by atoms with van der Waals surface area (Å²) in [6.45, 7) is 5.81. The lowest BCUT2D eigenvalue weighted by atomic mass is 10.1. The summed E-state index contributed by atoms with van der Waals surface area (Å²) in [5, 5.41) is 3.25. The van der Waals surface area contributed by atoms with Gasteiger partial charge in [-0.1, -0.05) is 0 Å². The molecular formula is C14H20N2O4. The molecular weight excluding hydrogens is 260 g/mol. The van der Waals surface area contributed by atoms with E-state index in [0.717, 1.165) is 18.7 Å². The molecule has 2 rings (SSSR count). The van der Waals surface area contributed by atoms with E-state index in [1.807, 2.05) is 0 Å². The lowest BCUT2D eigenvalue weighted by molar-refractivity contribution is 0.0270. The van der Waals surface area contributed by atoms with Crippen molar-refractivity contribution in [1.82, 2.24) is 10.3 Å². The van der Waals surface area contributed by atoms with Crippen molar-refractivity contribution < 1.29 is 19.0 Å². The van der Waals surface area contributed by atoms with Gasteiger partial charge in [0.25, 0.3) is 0 Å². The summed E-state index contributed by atoms with van der Waals surface area (Å²) in [7, 11) is 1.51. The van der Waals surface area contributed by atoms with Crippen LogP contribution in [0.15, 0.2) is 12.3 Å². The first kappa shape index (κ1) is 14.7. The molecule has 1 atom stereocenters. The molecule has 1 unspecified atom stereocenters. The van der Waals surface area contributed by atoms with Crippen LogP contribution < -0.4 is 10.1 Å². The standard InChI is InChI=1S/C14H20N2O4/c1-9(2)20-14(17)13-11(18-3)6-10(7-16-13)12-8-15-4-5-19-12/h6-7,9,12,15H,4-5,8H2,1-3H3. The van der Waals surface area contributed by atoms with Gasteiger partial charge in [0, 0.05) is 24.8 Å². The van der Waals surface area contributed by atoms with Gasteiger partial charge in [-0.2, -0.15) is 0 Å². The van der Waals surface area contributed by atoms with Crippen LogP contribution in [0.3, 0.4) is 0 Å². The van der Waals surface area contributed by atoms with Crippen LogP contribution in [0.5, 0.6) is 5.75 Å². The molecule has 6 nitrogen and oxygen atoms in total. The van der Waals surface area contributed by atoms with E-state index in [1.54, 1.807) is 26.1 Å². The highest BCUT2D eigenvalue weighted by atomic mass is 16.5. The summed E-state index contributed by atoms with van der Waals surface area (Å²) in [6.07, 6.45) is 1.37. The minimum Gasteiger partial charge on any atom is -0.494 e. The molecule has 1 aromatic heterocycles. The highest BCUT2D eigenvalue weighted by Gasteiger charge is 2.21. The molecule has 1 fully saturated rings. The number of esters is 1. The fraction of sp³-hybridized carbons (Fsp3) is 0.571. The Hall–Kier alpha value is -1.66. The molecule has 0 spiro atoms. The van der Waals surface area contributed by atoms with Crippen LogP contribution in [0.1, 0.15) is 36.0 Å². The summed E-state index contributed by atoms with van der Waals surface area (Å²) in [5.74, 6) is -0.0755. The van der Waals surface area contributed by atoms with Crippen LogP contribution in [-0.4, -0.2) is 43.9 Å². The fourth-order valence-electron chi connectivity index (χ4n) is 1.99. The van der Waals surface area contributed by atoms with Crippen molar-refractivity contribution in [2.45, 2.75) is 26.1 Å².